The fourth-order valence-corrected chi connectivity index (χ4v) is 2.73. The monoisotopic (exact) mass is 329 g/mol. The van der Waals surface area contributed by atoms with Crippen molar-refractivity contribution in [2.24, 2.45) is 0 Å². The smallest absolute Gasteiger partial charge is 0.203 e. The lowest BCUT2D eigenvalue weighted by Gasteiger charge is -2.16. The van der Waals surface area contributed by atoms with Crippen LogP contribution < -0.4 is 0 Å². The number of aryl methyl sites for hydroxylation is 2. The molecule has 23 heavy (non-hydrogen) atoms. The van der Waals surface area contributed by atoms with Gasteiger partial charge < -0.3 is 4.52 Å². The van der Waals surface area contributed by atoms with Crippen LogP contribution in [-0.4, -0.2) is 31.5 Å². The third kappa shape index (κ3) is 3.25. The minimum atomic E-state index is 0.600. The summed E-state index contributed by atoms with van der Waals surface area (Å²) in [7, 11) is 2.02. The lowest BCUT2D eigenvalue weighted by Crippen LogP contribution is -2.23. The Labute approximate surface area is 139 Å². The highest BCUT2D eigenvalue weighted by Crippen LogP contribution is 2.15. The average Bonchev–Trinajstić information content (AvgIpc) is 3.06. The lowest BCUT2D eigenvalue weighted by molar-refractivity contribution is 0.242. The number of rotatable bonds is 5. The van der Waals surface area contributed by atoms with Gasteiger partial charge >= 0.3 is 0 Å². The lowest BCUT2D eigenvalue weighted by atomic mass is 10.2. The Balaban J connectivity index is 1.76. The van der Waals surface area contributed by atoms with Gasteiger partial charge in [0.2, 0.25) is 4.77 Å². The van der Waals surface area contributed by atoms with Crippen LogP contribution >= 0.6 is 12.2 Å². The highest BCUT2D eigenvalue weighted by molar-refractivity contribution is 7.71. The summed E-state index contributed by atoms with van der Waals surface area (Å²) in [6.45, 7) is 5.22. The molecule has 2 heterocycles. The summed E-state index contributed by atoms with van der Waals surface area (Å²) in [4.78, 5) is 2.13. The Morgan fingerprint density at radius 3 is 2.61 bits per heavy atom. The van der Waals surface area contributed by atoms with Gasteiger partial charge in [0.1, 0.15) is 12.1 Å². The summed E-state index contributed by atoms with van der Waals surface area (Å²) >= 11 is 5.53. The van der Waals surface area contributed by atoms with Crippen molar-refractivity contribution in [3.8, 4) is 5.69 Å². The van der Waals surface area contributed by atoms with Crippen molar-refractivity contribution in [1.29, 1.82) is 0 Å². The molecular formula is C16H19N5OS. The molecule has 2 aromatic heterocycles. The summed E-state index contributed by atoms with van der Waals surface area (Å²) in [6, 6.07) is 9.97. The first kappa shape index (κ1) is 15.6. The van der Waals surface area contributed by atoms with Gasteiger partial charge in [0, 0.05) is 17.8 Å². The average molecular weight is 329 g/mol. The maximum atomic E-state index is 5.53. The van der Waals surface area contributed by atoms with Crippen LogP contribution in [0.5, 0.6) is 0 Å². The topological polar surface area (TPSA) is 52.0 Å². The number of nitrogens with zero attached hydrogens (tertiary/aromatic N) is 5. The van der Waals surface area contributed by atoms with E-state index < -0.39 is 0 Å². The van der Waals surface area contributed by atoms with Gasteiger partial charge in [0.25, 0.3) is 0 Å². The molecule has 6 nitrogen and oxygen atoms in total. The molecular weight excluding hydrogens is 310 g/mol. The SMILES string of the molecule is Cc1noc(C)c1CN(C)Cn1ncn(-c2ccccc2)c1=S. The van der Waals surface area contributed by atoms with Gasteiger partial charge in [-0.05, 0) is 45.2 Å². The van der Waals surface area contributed by atoms with Crippen molar-refractivity contribution in [2.45, 2.75) is 27.1 Å². The molecule has 0 radical (unpaired) electrons. The predicted octanol–water partition coefficient (Wildman–Crippen LogP) is 3.10. The molecule has 0 aliphatic heterocycles. The number of benzene rings is 1. The molecule has 7 heteroatoms. The summed E-state index contributed by atoms with van der Waals surface area (Å²) in [5.41, 5.74) is 3.05. The van der Waals surface area contributed by atoms with E-state index in [2.05, 4.69) is 15.2 Å². The molecule has 0 fully saturated rings. The van der Waals surface area contributed by atoms with Crippen LogP contribution in [0.15, 0.2) is 41.2 Å². The molecule has 0 atom stereocenters. The normalized spacial score (nSPS) is 11.3. The molecule has 0 aliphatic carbocycles. The molecule has 0 unspecified atom stereocenters. The summed E-state index contributed by atoms with van der Waals surface area (Å²) in [6.07, 6.45) is 1.75. The third-order valence-corrected chi connectivity index (χ3v) is 4.16. The first-order valence-electron chi connectivity index (χ1n) is 7.36. The van der Waals surface area contributed by atoms with E-state index >= 15 is 0 Å². The molecule has 0 bridgehead atoms. The zero-order valence-corrected chi connectivity index (χ0v) is 14.2. The largest absolute Gasteiger partial charge is 0.361 e. The number of hydrogen-bond acceptors (Lipinski definition) is 5. The van der Waals surface area contributed by atoms with Gasteiger partial charge in [-0.25, -0.2) is 4.68 Å². The highest BCUT2D eigenvalue weighted by Gasteiger charge is 2.12. The fourth-order valence-electron chi connectivity index (χ4n) is 2.48. The zero-order valence-electron chi connectivity index (χ0n) is 13.4. The van der Waals surface area contributed by atoms with Crippen molar-refractivity contribution in [3.63, 3.8) is 0 Å². The van der Waals surface area contributed by atoms with E-state index in [-0.39, 0.29) is 0 Å². The van der Waals surface area contributed by atoms with Crippen LogP contribution in [0.2, 0.25) is 0 Å². The van der Waals surface area contributed by atoms with E-state index in [9.17, 15) is 0 Å². The molecule has 0 amide bonds. The van der Waals surface area contributed by atoms with Crippen molar-refractivity contribution >= 4 is 12.2 Å². The molecule has 120 valence electrons. The molecule has 0 spiro atoms. The molecule has 3 rings (SSSR count). The zero-order chi connectivity index (χ0) is 16.4. The van der Waals surface area contributed by atoms with Crippen LogP contribution in [0.4, 0.5) is 0 Å². The van der Waals surface area contributed by atoms with E-state index in [1.54, 1.807) is 11.0 Å². The van der Waals surface area contributed by atoms with Crippen molar-refractivity contribution in [3.05, 3.63) is 58.4 Å². The number of para-hydroxylation sites is 1. The van der Waals surface area contributed by atoms with E-state index in [1.807, 2.05) is 55.8 Å². The fraction of sp³-hybridized carbons (Fsp3) is 0.312. The molecule has 0 N–H and O–H groups in total. The maximum absolute atomic E-state index is 5.53. The van der Waals surface area contributed by atoms with E-state index in [0.717, 1.165) is 29.2 Å². The predicted molar refractivity (Wildman–Crippen MR) is 89.8 cm³/mol. The standard InChI is InChI=1S/C16H19N5OS/c1-12-15(13(2)22-18-12)9-19(3)11-21-16(23)20(10-17-21)14-7-5-4-6-8-14/h4-8,10H,9,11H2,1-3H3. The second-order valence-electron chi connectivity index (χ2n) is 5.58. The van der Waals surface area contributed by atoms with Crippen LogP contribution in [0.3, 0.4) is 0 Å². The van der Waals surface area contributed by atoms with E-state index in [4.69, 9.17) is 16.7 Å². The van der Waals surface area contributed by atoms with Crippen LogP contribution in [0, 0.1) is 18.6 Å². The molecule has 3 aromatic rings. The minimum Gasteiger partial charge on any atom is -0.361 e. The van der Waals surface area contributed by atoms with Crippen molar-refractivity contribution < 1.29 is 4.52 Å². The number of aromatic nitrogens is 4. The number of hydrogen-bond donors (Lipinski definition) is 0. The van der Waals surface area contributed by atoms with Gasteiger partial charge in [-0.3, -0.25) is 9.47 Å². The quantitative estimate of drug-likeness (QED) is 0.673. The minimum absolute atomic E-state index is 0.600. The molecule has 0 saturated heterocycles. The van der Waals surface area contributed by atoms with Gasteiger partial charge in [0.15, 0.2) is 0 Å². The Kier molecular flexibility index (Phi) is 4.40. The summed E-state index contributed by atoms with van der Waals surface area (Å²) < 4.78 is 9.58. The highest BCUT2D eigenvalue weighted by atomic mass is 32.1. The maximum Gasteiger partial charge on any atom is 0.203 e. The molecule has 0 aliphatic rings. The third-order valence-electron chi connectivity index (χ3n) is 3.75. The van der Waals surface area contributed by atoms with Gasteiger partial charge in [-0.15, -0.1) is 0 Å². The summed E-state index contributed by atoms with van der Waals surface area (Å²) in [5, 5.41) is 8.39. The molecule has 0 saturated carbocycles. The van der Waals surface area contributed by atoms with Crippen LogP contribution in [0.25, 0.3) is 5.69 Å². The summed E-state index contributed by atoms with van der Waals surface area (Å²) in [5.74, 6) is 0.854. The second kappa shape index (κ2) is 6.47. The van der Waals surface area contributed by atoms with Crippen LogP contribution in [-0.2, 0) is 13.2 Å². The van der Waals surface area contributed by atoms with Crippen molar-refractivity contribution in [2.75, 3.05) is 7.05 Å². The van der Waals surface area contributed by atoms with E-state index in [1.165, 1.54) is 0 Å². The van der Waals surface area contributed by atoms with Gasteiger partial charge in [-0.2, -0.15) is 5.10 Å². The Hall–Kier alpha value is -2.25. The van der Waals surface area contributed by atoms with Gasteiger partial charge in [-0.1, -0.05) is 23.4 Å². The van der Waals surface area contributed by atoms with E-state index in [0.29, 0.717) is 11.4 Å². The van der Waals surface area contributed by atoms with Gasteiger partial charge in [0.05, 0.1) is 12.4 Å². The first-order chi connectivity index (χ1) is 11.1. The Morgan fingerprint density at radius 2 is 1.96 bits per heavy atom. The Morgan fingerprint density at radius 1 is 1.22 bits per heavy atom. The molecule has 1 aromatic carbocycles. The van der Waals surface area contributed by atoms with Crippen LogP contribution in [0.1, 0.15) is 17.0 Å². The second-order valence-corrected chi connectivity index (χ2v) is 5.94. The van der Waals surface area contributed by atoms with Crippen molar-refractivity contribution in [1.82, 2.24) is 24.4 Å². The first-order valence-corrected chi connectivity index (χ1v) is 7.77. The Bertz CT molecular complexity index is 829.